The average molecular weight is 301 g/mol. The molecule has 2 N–H and O–H groups in total. The molecule has 0 atom stereocenters. The van der Waals surface area contributed by atoms with Crippen molar-refractivity contribution in [3.05, 3.63) is 70.5 Å². The highest BCUT2D eigenvalue weighted by atomic mass is 16.1. The quantitative estimate of drug-likeness (QED) is 0.565. The van der Waals surface area contributed by atoms with Crippen LogP contribution in [0, 0.1) is 11.3 Å². The number of rotatable bonds is 1. The summed E-state index contributed by atoms with van der Waals surface area (Å²) in [4.78, 5) is 17.1. The Kier molecular flexibility index (Phi) is 2.85. The van der Waals surface area contributed by atoms with E-state index < -0.39 is 5.56 Å². The number of anilines is 3. The summed E-state index contributed by atoms with van der Waals surface area (Å²) in [7, 11) is 0. The number of nitrogens with one attached hydrogen (secondary N) is 2. The third kappa shape index (κ3) is 2.03. The lowest BCUT2D eigenvalue weighted by Gasteiger charge is -2.24. The van der Waals surface area contributed by atoms with E-state index in [9.17, 15) is 10.1 Å². The van der Waals surface area contributed by atoms with Gasteiger partial charge in [0.1, 0.15) is 11.6 Å². The third-order valence-electron chi connectivity index (χ3n) is 3.65. The lowest BCUT2D eigenvalue weighted by Crippen LogP contribution is -2.34. The zero-order valence-corrected chi connectivity index (χ0v) is 11.9. The molecular formula is C17H11N5O. The lowest BCUT2D eigenvalue weighted by molar-refractivity contribution is 0.857. The van der Waals surface area contributed by atoms with Crippen molar-refractivity contribution in [3.8, 4) is 17.3 Å². The predicted octanol–water partition coefficient (Wildman–Crippen LogP) is 2.71. The molecule has 6 nitrogen and oxygen atoms in total. The molecule has 0 saturated heterocycles. The van der Waals surface area contributed by atoms with E-state index in [2.05, 4.69) is 15.7 Å². The van der Waals surface area contributed by atoms with Crippen LogP contribution in [-0.2, 0) is 0 Å². The predicted molar refractivity (Wildman–Crippen MR) is 87.4 cm³/mol. The summed E-state index contributed by atoms with van der Waals surface area (Å²) in [6.07, 6.45) is 0. The van der Waals surface area contributed by atoms with Crippen molar-refractivity contribution in [3.63, 3.8) is 0 Å². The van der Waals surface area contributed by atoms with Crippen molar-refractivity contribution in [1.29, 1.82) is 5.26 Å². The van der Waals surface area contributed by atoms with Gasteiger partial charge in [-0.1, -0.05) is 42.5 Å². The maximum Gasteiger partial charge on any atom is 0.292 e. The first-order chi connectivity index (χ1) is 11.3. The average Bonchev–Trinajstić information content (AvgIpc) is 2.61. The summed E-state index contributed by atoms with van der Waals surface area (Å²) < 4.78 is 1.26. The van der Waals surface area contributed by atoms with Gasteiger partial charge in [0, 0.05) is 5.56 Å². The minimum atomic E-state index is -0.432. The van der Waals surface area contributed by atoms with E-state index in [0.717, 1.165) is 16.9 Å². The molecule has 0 amide bonds. The van der Waals surface area contributed by atoms with Crippen molar-refractivity contribution in [2.75, 3.05) is 10.7 Å². The Balaban J connectivity index is 1.95. The van der Waals surface area contributed by atoms with Crippen LogP contribution in [0.3, 0.4) is 0 Å². The molecule has 0 spiro atoms. The first-order valence-corrected chi connectivity index (χ1v) is 7.03. The maximum absolute atomic E-state index is 12.6. The van der Waals surface area contributed by atoms with E-state index in [1.807, 2.05) is 60.7 Å². The minimum absolute atomic E-state index is 0.00799. The molecule has 2 heterocycles. The van der Waals surface area contributed by atoms with E-state index in [1.54, 1.807) is 0 Å². The Morgan fingerprint density at radius 2 is 1.70 bits per heavy atom. The number of hydrogen-bond acceptors (Lipinski definition) is 5. The van der Waals surface area contributed by atoms with Crippen LogP contribution in [0.15, 0.2) is 59.4 Å². The van der Waals surface area contributed by atoms with Gasteiger partial charge in [-0.25, -0.2) is 4.98 Å². The number of aromatic nitrogens is 2. The van der Waals surface area contributed by atoms with E-state index in [-0.39, 0.29) is 5.56 Å². The molecule has 3 aromatic rings. The Bertz CT molecular complexity index is 1000. The molecule has 4 rings (SSSR count). The van der Waals surface area contributed by atoms with Gasteiger partial charge in [-0.3, -0.25) is 10.2 Å². The Hall–Kier alpha value is -3.59. The standard InChI is InChI=1S/C17H11N5O/c18-10-12-15(11-6-2-1-3-7-11)20-17-19-13-8-4-5-9-14(13)21-22(17)16(12)23/h1-9,21H,(H,19,20). The largest absolute Gasteiger partial charge is 0.322 e. The number of nitrogens with zero attached hydrogens (tertiary/aromatic N) is 3. The monoisotopic (exact) mass is 301 g/mol. The summed E-state index contributed by atoms with van der Waals surface area (Å²) in [5.74, 6) is 0.353. The minimum Gasteiger partial charge on any atom is -0.322 e. The summed E-state index contributed by atoms with van der Waals surface area (Å²) in [5.41, 5.74) is 5.24. The summed E-state index contributed by atoms with van der Waals surface area (Å²) in [6.45, 7) is 0. The van der Waals surface area contributed by atoms with Crippen LogP contribution in [0.1, 0.15) is 5.56 Å². The number of para-hydroxylation sites is 2. The van der Waals surface area contributed by atoms with Crippen LogP contribution in [-0.4, -0.2) is 9.66 Å². The van der Waals surface area contributed by atoms with E-state index >= 15 is 0 Å². The zero-order valence-electron chi connectivity index (χ0n) is 11.9. The molecule has 110 valence electrons. The van der Waals surface area contributed by atoms with E-state index in [4.69, 9.17) is 0 Å². The fourth-order valence-corrected chi connectivity index (χ4v) is 2.54. The lowest BCUT2D eigenvalue weighted by atomic mass is 10.1. The molecule has 2 aromatic carbocycles. The van der Waals surface area contributed by atoms with Crippen molar-refractivity contribution < 1.29 is 0 Å². The van der Waals surface area contributed by atoms with E-state index in [0.29, 0.717) is 11.6 Å². The van der Waals surface area contributed by atoms with Crippen LogP contribution >= 0.6 is 0 Å². The molecular weight excluding hydrogens is 290 g/mol. The second kappa shape index (κ2) is 5.00. The Morgan fingerprint density at radius 1 is 1.00 bits per heavy atom. The van der Waals surface area contributed by atoms with Gasteiger partial charge in [0.15, 0.2) is 0 Å². The molecule has 0 fully saturated rings. The molecule has 0 bridgehead atoms. The van der Waals surface area contributed by atoms with Crippen LogP contribution < -0.4 is 16.3 Å². The van der Waals surface area contributed by atoms with Crippen LogP contribution in [0.4, 0.5) is 17.3 Å². The van der Waals surface area contributed by atoms with Gasteiger partial charge < -0.3 is 5.32 Å². The smallest absolute Gasteiger partial charge is 0.292 e. The number of hydrogen-bond donors (Lipinski definition) is 2. The molecule has 1 aliphatic rings. The zero-order chi connectivity index (χ0) is 15.8. The van der Waals surface area contributed by atoms with Gasteiger partial charge in [-0.15, -0.1) is 0 Å². The highest BCUT2D eigenvalue weighted by molar-refractivity contribution is 5.77. The highest BCUT2D eigenvalue weighted by Crippen LogP contribution is 2.30. The summed E-state index contributed by atoms with van der Waals surface area (Å²) >= 11 is 0. The van der Waals surface area contributed by atoms with Crippen molar-refractivity contribution in [2.45, 2.75) is 0 Å². The second-order valence-electron chi connectivity index (χ2n) is 5.06. The number of benzene rings is 2. The fourth-order valence-electron chi connectivity index (χ4n) is 2.54. The fraction of sp³-hybridized carbons (Fsp3) is 0. The number of fused-ring (bicyclic) bond motifs is 2. The van der Waals surface area contributed by atoms with Gasteiger partial charge in [0.05, 0.1) is 17.1 Å². The molecule has 1 aromatic heterocycles. The molecule has 0 saturated carbocycles. The van der Waals surface area contributed by atoms with Crippen molar-refractivity contribution in [1.82, 2.24) is 9.66 Å². The normalized spacial score (nSPS) is 11.4. The van der Waals surface area contributed by atoms with Gasteiger partial charge in [-0.2, -0.15) is 9.94 Å². The molecule has 23 heavy (non-hydrogen) atoms. The molecule has 0 radical (unpaired) electrons. The molecule has 0 aliphatic carbocycles. The summed E-state index contributed by atoms with van der Waals surface area (Å²) in [5, 5.41) is 12.5. The van der Waals surface area contributed by atoms with Crippen molar-refractivity contribution in [2.24, 2.45) is 0 Å². The molecule has 6 heteroatoms. The summed E-state index contributed by atoms with van der Waals surface area (Å²) in [6, 6.07) is 18.7. The molecule has 1 aliphatic heterocycles. The van der Waals surface area contributed by atoms with E-state index in [1.165, 1.54) is 4.68 Å². The highest BCUT2D eigenvalue weighted by Gasteiger charge is 2.22. The Labute approximate surface area is 131 Å². The van der Waals surface area contributed by atoms with Crippen LogP contribution in [0.2, 0.25) is 0 Å². The molecule has 0 unspecified atom stereocenters. The van der Waals surface area contributed by atoms with Crippen LogP contribution in [0.5, 0.6) is 0 Å². The first-order valence-electron chi connectivity index (χ1n) is 7.03. The van der Waals surface area contributed by atoms with Crippen LogP contribution in [0.25, 0.3) is 11.3 Å². The van der Waals surface area contributed by atoms with Gasteiger partial charge >= 0.3 is 0 Å². The first kappa shape index (κ1) is 13.1. The second-order valence-corrected chi connectivity index (χ2v) is 5.06. The third-order valence-corrected chi connectivity index (χ3v) is 3.65. The SMILES string of the molecule is N#Cc1c(-c2ccccc2)nc2n(c1=O)Nc1ccccc1N2. The van der Waals surface area contributed by atoms with Gasteiger partial charge in [-0.05, 0) is 12.1 Å². The topological polar surface area (TPSA) is 82.7 Å². The van der Waals surface area contributed by atoms with Gasteiger partial charge in [0.2, 0.25) is 5.95 Å². The maximum atomic E-state index is 12.6. The Morgan fingerprint density at radius 3 is 2.43 bits per heavy atom. The number of nitriles is 1. The van der Waals surface area contributed by atoms with Crippen molar-refractivity contribution >= 4 is 17.3 Å². The van der Waals surface area contributed by atoms with Gasteiger partial charge in [0.25, 0.3) is 5.56 Å².